The number of imidazole rings is 1. The third-order valence-corrected chi connectivity index (χ3v) is 8.72. The first kappa shape index (κ1) is 25.9. The lowest BCUT2D eigenvalue weighted by Crippen LogP contribution is -2.61. The number of nitrogens with zero attached hydrogens (tertiary/aromatic N) is 2. The Labute approximate surface area is 219 Å². The molecule has 1 aromatic carbocycles. The van der Waals surface area contributed by atoms with Crippen LogP contribution in [-0.2, 0) is 22.4 Å². The number of amides is 1. The van der Waals surface area contributed by atoms with E-state index in [1.54, 1.807) is 0 Å². The fourth-order valence-electron chi connectivity index (χ4n) is 6.70. The van der Waals surface area contributed by atoms with Crippen molar-refractivity contribution >= 4 is 17.6 Å². The molecule has 2 unspecified atom stereocenters. The lowest BCUT2D eigenvalue weighted by Gasteiger charge is -2.48. The summed E-state index contributed by atoms with van der Waals surface area (Å²) in [5.74, 6) is -0.531. The van der Waals surface area contributed by atoms with Gasteiger partial charge in [-0.25, -0.2) is 20.6 Å². The number of anilines is 1. The molecule has 2 atom stereocenters. The number of hydrazine groups is 1. The molecule has 8 heteroatoms. The van der Waals surface area contributed by atoms with Gasteiger partial charge in [0.15, 0.2) is 0 Å². The Morgan fingerprint density at radius 2 is 1.65 bits per heavy atom. The number of aromatic nitrogens is 2. The number of carbonyl (C=O) groups is 2. The Kier molecular flexibility index (Phi) is 8.25. The van der Waals surface area contributed by atoms with Crippen LogP contribution < -0.4 is 16.2 Å². The van der Waals surface area contributed by atoms with E-state index in [1.165, 1.54) is 63.2 Å². The highest BCUT2D eigenvalue weighted by Crippen LogP contribution is 2.47. The summed E-state index contributed by atoms with van der Waals surface area (Å²) in [6.07, 6.45) is 21.5. The van der Waals surface area contributed by atoms with Crippen molar-refractivity contribution in [3.63, 3.8) is 0 Å². The highest BCUT2D eigenvalue weighted by molar-refractivity contribution is 6.03. The van der Waals surface area contributed by atoms with Gasteiger partial charge in [0.05, 0.1) is 24.7 Å². The minimum atomic E-state index is -0.414. The van der Waals surface area contributed by atoms with Gasteiger partial charge in [-0.05, 0) is 68.2 Å². The Morgan fingerprint density at radius 3 is 2.30 bits per heavy atom. The largest absolute Gasteiger partial charge is 0.465 e. The molecule has 2 aliphatic carbocycles. The molecule has 1 saturated heterocycles. The number of methoxy groups -OCH3 is 1. The van der Waals surface area contributed by atoms with Gasteiger partial charge in [0.25, 0.3) is 0 Å². The van der Waals surface area contributed by atoms with Crippen molar-refractivity contribution in [2.24, 2.45) is 5.41 Å². The van der Waals surface area contributed by atoms with Crippen LogP contribution in [0.5, 0.6) is 0 Å². The number of benzene rings is 1. The maximum atomic E-state index is 13.7. The molecule has 2 heterocycles. The van der Waals surface area contributed by atoms with Crippen molar-refractivity contribution < 1.29 is 14.3 Å². The van der Waals surface area contributed by atoms with Crippen LogP contribution >= 0.6 is 0 Å². The molecule has 1 saturated carbocycles. The van der Waals surface area contributed by atoms with Crippen LogP contribution in [0.15, 0.2) is 30.9 Å². The number of esters is 1. The lowest BCUT2D eigenvalue weighted by atomic mass is 9.69. The van der Waals surface area contributed by atoms with Crippen LogP contribution in [0.25, 0.3) is 0 Å². The number of ether oxygens (including phenoxy) is 1. The summed E-state index contributed by atoms with van der Waals surface area (Å²) in [7, 11) is 1.39. The standard InChI is InChI=1S/C29H41N5O3/c1-37-27(36)23-17-21-11-7-8-12-22(21)18-24(23)31-26(35)25-19-29(13-9-5-3-2-4-6-10-14-29)28(33-32-25)34-16-15-30-20-34/h15-18,20,25,28,32-33H,2-14,19H2,1H3,(H,31,35). The Morgan fingerprint density at radius 1 is 0.973 bits per heavy atom. The molecule has 5 rings (SSSR count). The number of carbonyl (C=O) groups excluding carboxylic acids is 2. The van der Waals surface area contributed by atoms with E-state index in [9.17, 15) is 9.59 Å². The van der Waals surface area contributed by atoms with Gasteiger partial charge in [0.2, 0.25) is 5.91 Å². The SMILES string of the molecule is COC(=O)c1cc2c(cc1NC(=O)C1CC3(CCCCCCCCC3)C(n3ccnc3)NN1)CCCC2. The lowest BCUT2D eigenvalue weighted by molar-refractivity contribution is -0.122. The van der Waals surface area contributed by atoms with Crippen molar-refractivity contribution in [2.75, 3.05) is 12.4 Å². The molecule has 1 aromatic heterocycles. The predicted molar refractivity (Wildman–Crippen MR) is 143 cm³/mol. The number of hydrogen-bond donors (Lipinski definition) is 3. The molecule has 200 valence electrons. The van der Waals surface area contributed by atoms with E-state index in [4.69, 9.17) is 4.74 Å². The zero-order valence-corrected chi connectivity index (χ0v) is 22.1. The zero-order chi connectivity index (χ0) is 25.7. The minimum Gasteiger partial charge on any atom is -0.465 e. The molecule has 1 amide bonds. The van der Waals surface area contributed by atoms with E-state index in [0.717, 1.165) is 44.9 Å². The summed E-state index contributed by atoms with van der Waals surface area (Å²) < 4.78 is 7.21. The molecule has 8 nitrogen and oxygen atoms in total. The van der Waals surface area contributed by atoms with Crippen LogP contribution in [0.2, 0.25) is 0 Å². The number of rotatable bonds is 4. The maximum Gasteiger partial charge on any atom is 0.339 e. The van der Waals surface area contributed by atoms with Crippen molar-refractivity contribution in [1.29, 1.82) is 0 Å². The first-order valence-electron chi connectivity index (χ1n) is 14.1. The smallest absolute Gasteiger partial charge is 0.339 e. The van der Waals surface area contributed by atoms with E-state index in [1.807, 2.05) is 30.9 Å². The van der Waals surface area contributed by atoms with Crippen molar-refractivity contribution in [3.8, 4) is 0 Å². The second kappa shape index (κ2) is 11.8. The quantitative estimate of drug-likeness (QED) is 0.501. The van der Waals surface area contributed by atoms with Crippen LogP contribution in [0.1, 0.15) is 105 Å². The second-order valence-corrected chi connectivity index (χ2v) is 11.1. The van der Waals surface area contributed by atoms with E-state index in [0.29, 0.717) is 11.3 Å². The van der Waals surface area contributed by atoms with Crippen LogP contribution in [-0.4, -0.2) is 34.6 Å². The topological polar surface area (TPSA) is 97.3 Å². The van der Waals surface area contributed by atoms with Gasteiger partial charge in [0.1, 0.15) is 12.2 Å². The average Bonchev–Trinajstić information content (AvgIpc) is 3.46. The van der Waals surface area contributed by atoms with Gasteiger partial charge in [0, 0.05) is 17.8 Å². The van der Waals surface area contributed by atoms with Crippen molar-refractivity contribution in [1.82, 2.24) is 20.4 Å². The fraction of sp³-hybridized carbons (Fsp3) is 0.621. The number of aryl methyl sites for hydroxylation is 2. The van der Waals surface area contributed by atoms with Crippen LogP contribution in [0.3, 0.4) is 0 Å². The van der Waals surface area contributed by atoms with Gasteiger partial charge in [-0.2, -0.15) is 0 Å². The van der Waals surface area contributed by atoms with Gasteiger partial charge in [-0.3, -0.25) is 4.79 Å². The summed E-state index contributed by atoms with van der Waals surface area (Å²) in [6.45, 7) is 0. The molecule has 1 aliphatic heterocycles. The molecule has 3 N–H and O–H groups in total. The second-order valence-electron chi connectivity index (χ2n) is 11.1. The predicted octanol–water partition coefficient (Wildman–Crippen LogP) is 5.06. The van der Waals surface area contributed by atoms with E-state index >= 15 is 0 Å². The number of hydrogen-bond acceptors (Lipinski definition) is 6. The monoisotopic (exact) mass is 507 g/mol. The van der Waals surface area contributed by atoms with E-state index < -0.39 is 12.0 Å². The molecule has 3 aliphatic rings. The Bertz CT molecular complexity index is 1070. The number of nitrogens with one attached hydrogen (secondary N) is 3. The molecule has 2 aromatic rings. The van der Waals surface area contributed by atoms with Gasteiger partial charge >= 0.3 is 5.97 Å². The summed E-state index contributed by atoms with van der Waals surface area (Å²) in [5.41, 5.74) is 10.1. The Balaban J connectivity index is 1.40. The third kappa shape index (κ3) is 5.75. The van der Waals surface area contributed by atoms with Crippen LogP contribution in [0.4, 0.5) is 5.69 Å². The molecule has 0 bridgehead atoms. The molecule has 0 radical (unpaired) electrons. The summed E-state index contributed by atoms with van der Waals surface area (Å²) in [4.78, 5) is 30.6. The molecule has 1 spiro atoms. The molecule has 37 heavy (non-hydrogen) atoms. The molecular weight excluding hydrogens is 466 g/mol. The summed E-state index contributed by atoms with van der Waals surface area (Å²) >= 11 is 0. The van der Waals surface area contributed by atoms with E-state index in [-0.39, 0.29) is 17.5 Å². The maximum absolute atomic E-state index is 13.7. The Hall–Kier alpha value is -2.71. The summed E-state index contributed by atoms with van der Waals surface area (Å²) in [6, 6.07) is 3.49. The van der Waals surface area contributed by atoms with Gasteiger partial charge in [-0.1, -0.05) is 44.9 Å². The van der Waals surface area contributed by atoms with Gasteiger partial charge in [-0.15, -0.1) is 0 Å². The summed E-state index contributed by atoms with van der Waals surface area (Å²) in [5, 5.41) is 3.11. The van der Waals surface area contributed by atoms with Crippen molar-refractivity contribution in [2.45, 2.75) is 102 Å². The normalized spacial score (nSPS) is 24.1. The fourth-order valence-corrected chi connectivity index (χ4v) is 6.70. The van der Waals surface area contributed by atoms with E-state index in [2.05, 4.69) is 25.7 Å². The molecule has 2 fully saturated rings. The first-order chi connectivity index (χ1) is 18.1. The highest BCUT2D eigenvalue weighted by atomic mass is 16.5. The highest BCUT2D eigenvalue weighted by Gasteiger charge is 2.46. The van der Waals surface area contributed by atoms with Gasteiger partial charge < -0.3 is 14.6 Å². The minimum absolute atomic E-state index is 0.0350. The van der Waals surface area contributed by atoms with Crippen LogP contribution in [0, 0.1) is 5.41 Å². The number of fused-ring (bicyclic) bond motifs is 1. The first-order valence-corrected chi connectivity index (χ1v) is 14.1. The molecular formula is C29H41N5O3. The zero-order valence-electron chi connectivity index (χ0n) is 22.1. The average molecular weight is 508 g/mol. The third-order valence-electron chi connectivity index (χ3n) is 8.72. The van der Waals surface area contributed by atoms with Crippen molar-refractivity contribution in [3.05, 3.63) is 47.5 Å².